The summed E-state index contributed by atoms with van der Waals surface area (Å²) < 4.78 is 0. The molecule has 1 rings (SSSR count). The molecule has 0 aromatic heterocycles. The first kappa shape index (κ1) is 14.5. The summed E-state index contributed by atoms with van der Waals surface area (Å²) in [6.07, 6.45) is 4.51. The van der Waals surface area contributed by atoms with E-state index in [1.165, 1.54) is 12.8 Å². The van der Waals surface area contributed by atoms with Gasteiger partial charge in [0, 0.05) is 13.1 Å². The minimum Gasteiger partial charge on any atom is -0.308 e. The minimum absolute atomic E-state index is 0.261. The molecule has 3 heteroatoms. The van der Waals surface area contributed by atoms with Crippen molar-refractivity contribution in [2.24, 2.45) is 11.8 Å². The number of nitriles is 1. The molecule has 1 aliphatic carbocycles. The molecule has 0 heterocycles. The first-order chi connectivity index (χ1) is 7.99. The second kappa shape index (κ2) is 6.37. The number of likely N-dealkylation sites (N-methyl/N-ethyl adjacent to an activating group) is 1. The van der Waals surface area contributed by atoms with Crippen LogP contribution in [0.4, 0.5) is 0 Å². The van der Waals surface area contributed by atoms with Gasteiger partial charge in [0.25, 0.3) is 0 Å². The number of nitrogens with zero attached hydrogens (tertiary/aromatic N) is 2. The number of rotatable bonds is 5. The highest BCUT2D eigenvalue weighted by molar-refractivity contribution is 5.10. The zero-order valence-electron chi connectivity index (χ0n) is 11.8. The van der Waals surface area contributed by atoms with E-state index >= 15 is 0 Å². The predicted octanol–water partition coefficient (Wildman–Crippen LogP) is 2.25. The molecule has 2 atom stereocenters. The molecule has 1 fully saturated rings. The van der Waals surface area contributed by atoms with Gasteiger partial charge in [-0.1, -0.05) is 20.3 Å². The summed E-state index contributed by atoms with van der Waals surface area (Å²) in [5.74, 6) is 1.40. The lowest BCUT2D eigenvalue weighted by molar-refractivity contribution is 0.186. The van der Waals surface area contributed by atoms with E-state index in [0.29, 0.717) is 11.8 Å². The molecule has 0 bridgehead atoms. The summed E-state index contributed by atoms with van der Waals surface area (Å²) >= 11 is 0. The van der Waals surface area contributed by atoms with Gasteiger partial charge in [-0.05, 0) is 45.2 Å². The SMILES string of the molecule is CC(C)C1CCCC(C#N)(NCCN(C)C)C1. The van der Waals surface area contributed by atoms with Crippen molar-refractivity contribution in [1.29, 1.82) is 5.26 Å². The van der Waals surface area contributed by atoms with Crippen LogP contribution in [0.15, 0.2) is 0 Å². The van der Waals surface area contributed by atoms with Crippen LogP contribution in [0.1, 0.15) is 39.5 Å². The summed E-state index contributed by atoms with van der Waals surface area (Å²) in [7, 11) is 4.14. The lowest BCUT2D eigenvalue weighted by Crippen LogP contribution is -2.50. The van der Waals surface area contributed by atoms with Crippen molar-refractivity contribution in [3.63, 3.8) is 0 Å². The lowest BCUT2D eigenvalue weighted by atomic mass is 9.72. The van der Waals surface area contributed by atoms with Crippen molar-refractivity contribution in [3.8, 4) is 6.07 Å². The monoisotopic (exact) mass is 237 g/mol. The third-order valence-corrected chi connectivity index (χ3v) is 3.97. The largest absolute Gasteiger partial charge is 0.308 e. The Morgan fingerprint density at radius 2 is 2.18 bits per heavy atom. The predicted molar refractivity (Wildman–Crippen MR) is 71.7 cm³/mol. The topological polar surface area (TPSA) is 39.1 Å². The fourth-order valence-electron chi connectivity index (χ4n) is 2.71. The average Bonchev–Trinajstić information content (AvgIpc) is 2.29. The van der Waals surface area contributed by atoms with Gasteiger partial charge >= 0.3 is 0 Å². The summed E-state index contributed by atoms with van der Waals surface area (Å²) in [6.45, 7) is 6.46. The highest BCUT2D eigenvalue weighted by Crippen LogP contribution is 2.35. The zero-order valence-corrected chi connectivity index (χ0v) is 11.8. The Morgan fingerprint density at radius 3 is 2.71 bits per heavy atom. The van der Waals surface area contributed by atoms with Gasteiger partial charge in [-0.2, -0.15) is 5.26 Å². The third-order valence-electron chi connectivity index (χ3n) is 3.97. The molecule has 0 spiro atoms. The zero-order chi connectivity index (χ0) is 12.9. The second-order valence-corrected chi connectivity index (χ2v) is 6.02. The quantitative estimate of drug-likeness (QED) is 0.797. The highest BCUT2D eigenvalue weighted by Gasteiger charge is 2.36. The van der Waals surface area contributed by atoms with Crippen molar-refractivity contribution < 1.29 is 0 Å². The summed E-state index contributed by atoms with van der Waals surface area (Å²) in [5.41, 5.74) is -0.261. The van der Waals surface area contributed by atoms with E-state index in [1.54, 1.807) is 0 Å². The normalized spacial score (nSPS) is 29.6. The second-order valence-electron chi connectivity index (χ2n) is 6.02. The average molecular weight is 237 g/mol. The number of nitrogens with one attached hydrogen (secondary N) is 1. The molecule has 0 aromatic rings. The van der Waals surface area contributed by atoms with Gasteiger partial charge in [0.05, 0.1) is 6.07 Å². The summed E-state index contributed by atoms with van der Waals surface area (Å²) in [6, 6.07) is 2.55. The van der Waals surface area contributed by atoms with Gasteiger partial charge in [-0.15, -0.1) is 0 Å². The summed E-state index contributed by atoms with van der Waals surface area (Å²) in [4.78, 5) is 2.15. The Balaban J connectivity index is 2.53. The molecular formula is C14H27N3. The lowest BCUT2D eigenvalue weighted by Gasteiger charge is -2.38. The Morgan fingerprint density at radius 1 is 1.47 bits per heavy atom. The van der Waals surface area contributed by atoms with Crippen LogP contribution in [0.5, 0.6) is 0 Å². The number of hydrogen-bond donors (Lipinski definition) is 1. The Kier molecular flexibility index (Phi) is 5.42. The van der Waals surface area contributed by atoms with Crippen LogP contribution < -0.4 is 5.32 Å². The maximum Gasteiger partial charge on any atom is 0.107 e. The van der Waals surface area contributed by atoms with Crippen LogP contribution in [-0.4, -0.2) is 37.6 Å². The Bertz CT molecular complexity index is 267. The van der Waals surface area contributed by atoms with E-state index in [1.807, 2.05) is 0 Å². The summed E-state index contributed by atoms with van der Waals surface area (Å²) in [5, 5.41) is 13.0. The van der Waals surface area contributed by atoms with Crippen LogP contribution >= 0.6 is 0 Å². The molecule has 0 amide bonds. The molecule has 1 aliphatic rings. The first-order valence-electron chi connectivity index (χ1n) is 6.80. The molecule has 1 N–H and O–H groups in total. The molecule has 17 heavy (non-hydrogen) atoms. The molecule has 0 radical (unpaired) electrons. The molecule has 0 aliphatic heterocycles. The van der Waals surface area contributed by atoms with Crippen molar-refractivity contribution >= 4 is 0 Å². The fraction of sp³-hybridized carbons (Fsp3) is 0.929. The third kappa shape index (κ3) is 4.29. The number of hydrogen-bond acceptors (Lipinski definition) is 3. The van der Waals surface area contributed by atoms with Gasteiger partial charge in [-0.3, -0.25) is 5.32 Å². The minimum atomic E-state index is -0.261. The molecular weight excluding hydrogens is 210 g/mol. The maximum atomic E-state index is 9.48. The Labute approximate surface area is 106 Å². The van der Waals surface area contributed by atoms with Crippen LogP contribution in [0.3, 0.4) is 0 Å². The van der Waals surface area contributed by atoms with Crippen molar-refractivity contribution in [2.45, 2.75) is 45.1 Å². The molecule has 2 unspecified atom stereocenters. The van der Waals surface area contributed by atoms with Gasteiger partial charge in [0.2, 0.25) is 0 Å². The maximum absolute atomic E-state index is 9.48. The van der Waals surface area contributed by atoms with Crippen LogP contribution in [0, 0.1) is 23.2 Å². The van der Waals surface area contributed by atoms with Crippen LogP contribution in [-0.2, 0) is 0 Å². The highest BCUT2D eigenvalue weighted by atomic mass is 15.1. The standard InChI is InChI=1S/C14H27N3/c1-12(2)13-6-5-7-14(10-13,11-15)16-8-9-17(3)4/h12-13,16H,5-10H2,1-4H3. The van der Waals surface area contributed by atoms with Crippen molar-refractivity contribution in [1.82, 2.24) is 10.2 Å². The van der Waals surface area contributed by atoms with E-state index in [0.717, 1.165) is 25.9 Å². The van der Waals surface area contributed by atoms with E-state index in [9.17, 15) is 5.26 Å². The fourth-order valence-corrected chi connectivity index (χ4v) is 2.71. The molecule has 98 valence electrons. The smallest absolute Gasteiger partial charge is 0.107 e. The van der Waals surface area contributed by atoms with Gasteiger partial charge < -0.3 is 4.90 Å². The van der Waals surface area contributed by atoms with E-state index in [2.05, 4.69) is 44.2 Å². The van der Waals surface area contributed by atoms with Gasteiger partial charge in [-0.25, -0.2) is 0 Å². The Hall–Kier alpha value is -0.590. The van der Waals surface area contributed by atoms with Crippen molar-refractivity contribution in [3.05, 3.63) is 0 Å². The molecule has 0 saturated heterocycles. The van der Waals surface area contributed by atoms with Crippen molar-refractivity contribution in [2.75, 3.05) is 27.2 Å². The molecule has 3 nitrogen and oxygen atoms in total. The molecule has 1 saturated carbocycles. The van der Waals surface area contributed by atoms with E-state index in [4.69, 9.17) is 0 Å². The van der Waals surface area contributed by atoms with Gasteiger partial charge in [0.1, 0.15) is 5.54 Å². The van der Waals surface area contributed by atoms with Crippen LogP contribution in [0.25, 0.3) is 0 Å². The first-order valence-corrected chi connectivity index (χ1v) is 6.80. The van der Waals surface area contributed by atoms with Crippen LogP contribution in [0.2, 0.25) is 0 Å². The van der Waals surface area contributed by atoms with Gasteiger partial charge in [0.15, 0.2) is 0 Å². The molecule has 0 aromatic carbocycles. The van der Waals surface area contributed by atoms with E-state index in [-0.39, 0.29) is 5.54 Å². The van der Waals surface area contributed by atoms with E-state index < -0.39 is 0 Å².